The molecule has 12 atom stereocenters. The average molecular weight is 1060 g/mol. The van der Waals surface area contributed by atoms with E-state index >= 15 is 0 Å². The molecule has 0 radical (unpaired) electrons. The van der Waals surface area contributed by atoms with Crippen molar-refractivity contribution in [1.82, 2.24) is 5.32 Å². The van der Waals surface area contributed by atoms with E-state index in [2.05, 4.69) is 19.2 Å². The third-order valence-corrected chi connectivity index (χ3v) is 15.5. The number of aliphatic hydroxyl groups excluding tert-OH is 8. The van der Waals surface area contributed by atoms with Gasteiger partial charge in [-0.2, -0.15) is 0 Å². The van der Waals surface area contributed by atoms with E-state index in [0.29, 0.717) is 6.42 Å². The fourth-order valence-electron chi connectivity index (χ4n) is 10.5. The van der Waals surface area contributed by atoms with Crippen molar-refractivity contribution in [2.75, 3.05) is 19.8 Å². The number of carbonyl (C=O) groups is 1. The zero-order valence-corrected chi connectivity index (χ0v) is 47.1. The molecule has 9 N–H and O–H groups in total. The van der Waals surface area contributed by atoms with Gasteiger partial charge in [0.25, 0.3) is 0 Å². The molecule has 2 heterocycles. The summed E-state index contributed by atoms with van der Waals surface area (Å²) in [6.07, 6.45) is 37.3. The Balaban J connectivity index is 1.59. The summed E-state index contributed by atoms with van der Waals surface area (Å²) in [6.45, 7) is 2.78. The fourth-order valence-corrected chi connectivity index (χ4v) is 10.5. The van der Waals surface area contributed by atoms with Crippen LogP contribution in [-0.2, 0) is 23.7 Å². The topological polar surface area (TPSA) is 228 Å². The predicted molar refractivity (Wildman–Crippen MR) is 295 cm³/mol. The molecule has 74 heavy (non-hydrogen) atoms. The summed E-state index contributed by atoms with van der Waals surface area (Å²) in [5.74, 6) is -0.236. The second kappa shape index (κ2) is 46.6. The maximum atomic E-state index is 13.2. The van der Waals surface area contributed by atoms with Gasteiger partial charge in [-0.3, -0.25) is 4.79 Å². The summed E-state index contributed by atoms with van der Waals surface area (Å²) in [5, 5.41) is 86.8. The molecule has 2 fully saturated rings. The fraction of sp³-hybridized carbons (Fsp3) is 0.950. The highest BCUT2D eigenvalue weighted by molar-refractivity contribution is 5.76. The Morgan fingerprint density at radius 1 is 0.473 bits per heavy atom. The Kier molecular flexibility index (Phi) is 43.4. The Bertz CT molecular complexity index is 1290. The zero-order chi connectivity index (χ0) is 53.9. The van der Waals surface area contributed by atoms with Crippen LogP contribution in [-0.4, -0.2) is 140 Å². The lowest BCUT2D eigenvalue weighted by molar-refractivity contribution is -0.359. The van der Waals surface area contributed by atoms with Gasteiger partial charge in [-0.15, -0.1) is 0 Å². The maximum Gasteiger partial charge on any atom is 0.220 e. The van der Waals surface area contributed by atoms with Gasteiger partial charge in [-0.1, -0.05) is 257 Å². The van der Waals surface area contributed by atoms with Gasteiger partial charge in [-0.05, 0) is 19.3 Å². The Morgan fingerprint density at radius 3 is 1.24 bits per heavy atom. The van der Waals surface area contributed by atoms with E-state index in [4.69, 9.17) is 18.9 Å². The van der Waals surface area contributed by atoms with E-state index in [0.717, 1.165) is 38.5 Å². The first-order valence-electron chi connectivity index (χ1n) is 30.9. The number of nitrogens with one attached hydrogen (secondary N) is 1. The van der Waals surface area contributed by atoms with E-state index < -0.39 is 86.8 Å². The summed E-state index contributed by atoms with van der Waals surface area (Å²) in [6, 6.07) is -0.908. The van der Waals surface area contributed by atoms with Crippen molar-refractivity contribution in [3.63, 3.8) is 0 Å². The Hall–Kier alpha value is -1.27. The molecule has 1 amide bonds. The number of rotatable bonds is 50. The number of hydrogen-bond donors (Lipinski definition) is 9. The first-order valence-corrected chi connectivity index (χ1v) is 30.9. The minimum Gasteiger partial charge on any atom is -0.394 e. The highest BCUT2D eigenvalue weighted by Gasteiger charge is 2.51. The number of unbranched alkanes of at least 4 members (excludes halogenated alkanes) is 37. The SMILES string of the molecule is CCCCCCCCC/C=C/C(O)C(COC1OC(CO)C(OC2OC(CO)C(O)C(O)C2O)C(O)C1O)NC(=O)CCCCCCCCCCCCCCCCCCCCCCCCCCCCCCCCC. The highest BCUT2D eigenvalue weighted by atomic mass is 16.7. The zero-order valence-electron chi connectivity index (χ0n) is 47.1. The number of amides is 1. The van der Waals surface area contributed by atoms with Crippen molar-refractivity contribution in [3.8, 4) is 0 Å². The van der Waals surface area contributed by atoms with Crippen molar-refractivity contribution in [3.05, 3.63) is 12.2 Å². The molecule has 14 nitrogen and oxygen atoms in total. The molecule has 0 aromatic heterocycles. The third kappa shape index (κ3) is 32.0. The molecule has 0 bridgehead atoms. The molecule has 2 rings (SSSR count). The molecule has 0 spiro atoms. The predicted octanol–water partition coefficient (Wildman–Crippen LogP) is 10.7. The van der Waals surface area contributed by atoms with Gasteiger partial charge < -0.3 is 65.1 Å². The van der Waals surface area contributed by atoms with Gasteiger partial charge in [0.05, 0.1) is 32.0 Å². The van der Waals surface area contributed by atoms with Crippen molar-refractivity contribution in [2.45, 2.75) is 344 Å². The smallest absolute Gasteiger partial charge is 0.220 e. The maximum absolute atomic E-state index is 13.2. The molecular weight excluding hydrogens is 943 g/mol. The summed E-state index contributed by atoms with van der Waals surface area (Å²) >= 11 is 0. The van der Waals surface area contributed by atoms with Crippen LogP contribution in [0, 0.1) is 0 Å². The summed E-state index contributed by atoms with van der Waals surface area (Å²) in [4.78, 5) is 13.2. The van der Waals surface area contributed by atoms with E-state index in [-0.39, 0.29) is 18.9 Å². The summed E-state index contributed by atoms with van der Waals surface area (Å²) < 4.78 is 22.7. The molecule has 12 unspecified atom stereocenters. The summed E-state index contributed by atoms with van der Waals surface area (Å²) in [5.41, 5.74) is 0. The van der Waals surface area contributed by atoms with Gasteiger partial charge in [-0.25, -0.2) is 0 Å². The van der Waals surface area contributed by atoms with Crippen molar-refractivity contribution in [2.24, 2.45) is 0 Å². The molecule has 0 aromatic rings. The van der Waals surface area contributed by atoms with Crippen molar-refractivity contribution in [1.29, 1.82) is 0 Å². The molecule has 0 saturated carbocycles. The number of aliphatic hydroxyl groups is 8. The molecule has 2 aliphatic rings. The van der Waals surface area contributed by atoms with Gasteiger partial charge in [0.15, 0.2) is 12.6 Å². The standard InChI is InChI=1S/C60H115NO13/c1-3-5-7-9-11-13-14-15-16-17-18-19-20-21-22-23-24-25-26-27-28-29-30-31-32-33-34-36-38-40-42-44-52(65)61-48(49(64)43-41-39-37-35-12-10-8-6-4-2)47-71-59-57(70)55(68)58(51(46-63)73-59)74-60-56(69)54(67)53(66)50(45-62)72-60/h41,43,48-51,53-60,62-64,66-70H,3-40,42,44-47H2,1-2H3,(H,61,65)/b43-41+. The molecule has 0 aromatic carbocycles. The van der Waals surface area contributed by atoms with Crippen LogP contribution in [0.25, 0.3) is 0 Å². The van der Waals surface area contributed by atoms with Crippen LogP contribution < -0.4 is 5.32 Å². The number of hydrogen-bond acceptors (Lipinski definition) is 13. The summed E-state index contributed by atoms with van der Waals surface area (Å²) in [7, 11) is 0. The minimum absolute atomic E-state index is 0.236. The number of ether oxygens (including phenoxy) is 4. The molecule has 14 heteroatoms. The van der Waals surface area contributed by atoms with E-state index in [1.807, 2.05) is 6.08 Å². The lowest BCUT2D eigenvalue weighted by Crippen LogP contribution is -2.65. The second-order valence-electron chi connectivity index (χ2n) is 22.2. The van der Waals surface area contributed by atoms with Crippen molar-refractivity contribution >= 4 is 5.91 Å². The third-order valence-electron chi connectivity index (χ3n) is 15.5. The Morgan fingerprint density at radius 2 is 0.838 bits per heavy atom. The number of allylic oxidation sites excluding steroid dienone is 1. The van der Waals surface area contributed by atoms with E-state index in [1.165, 1.54) is 205 Å². The van der Waals surface area contributed by atoms with Crippen LogP contribution in [0.2, 0.25) is 0 Å². The van der Waals surface area contributed by atoms with Gasteiger partial charge >= 0.3 is 0 Å². The van der Waals surface area contributed by atoms with Crippen LogP contribution in [0.5, 0.6) is 0 Å². The lowest BCUT2D eigenvalue weighted by Gasteiger charge is -2.46. The molecule has 0 aliphatic carbocycles. The van der Waals surface area contributed by atoms with E-state index in [9.17, 15) is 45.6 Å². The monoisotopic (exact) mass is 1060 g/mol. The Labute approximate surface area is 450 Å². The number of carbonyl (C=O) groups excluding carboxylic acids is 1. The second-order valence-corrected chi connectivity index (χ2v) is 22.2. The average Bonchev–Trinajstić information content (AvgIpc) is 3.40. The first-order chi connectivity index (χ1) is 36.1. The first kappa shape index (κ1) is 68.8. The van der Waals surface area contributed by atoms with Gasteiger partial charge in [0.2, 0.25) is 5.91 Å². The molecule has 438 valence electrons. The molecular formula is C60H115NO13. The normalized spacial score (nSPS) is 25.2. The van der Waals surface area contributed by atoms with Crippen LogP contribution in [0.15, 0.2) is 12.2 Å². The molecule has 2 aliphatic heterocycles. The van der Waals surface area contributed by atoms with E-state index in [1.54, 1.807) is 6.08 Å². The molecule has 2 saturated heterocycles. The lowest BCUT2D eigenvalue weighted by atomic mass is 9.97. The van der Waals surface area contributed by atoms with Crippen LogP contribution in [0.3, 0.4) is 0 Å². The van der Waals surface area contributed by atoms with Crippen LogP contribution in [0.1, 0.15) is 271 Å². The minimum atomic E-state index is -1.78. The highest BCUT2D eigenvalue weighted by Crippen LogP contribution is 2.30. The van der Waals surface area contributed by atoms with Crippen LogP contribution >= 0.6 is 0 Å². The van der Waals surface area contributed by atoms with Gasteiger partial charge in [0, 0.05) is 6.42 Å². The largest absolute Gasteiger partial charge is 0.394 e. The van der Waals surface area contributed by atoms with Gasteiger partial charge in [0.1, 0.15) is 48.8 Å². The van der Waals surface area contributed by atoms with Crippen LogP contribution in [0.4, 0.5) is 0 Å². The van der Waals surface area contributed by atoms with Crippen molar-refractivity contribution < 1.29 is 64.6 Å². The quantitative estimate of drug-likeness (QED) is 0.0204.